The predicted molar refractivity (Wildman–Crippen MR) is 88.4 cm³/mol. The summed E-state index contributed by atoms with van der Waals surface area (Å²) in [6.07, 6.45) is -0.288. The number of nitrogen functional groups attached to an aromatic ring is 1. The van der Waals surface area contributed by atoms with Gasteiger partial charge in [0.05, 0.1) is 24.2 Å². The summed E-state index contributed by atoms with van der Waals surface area (Å²) in [6.45, 7) is 1.67. The summed E-state index contributed by atoms with van der Waals surface area (Å²) >= 11 is 5.95. The van der Waals surface area contributed by atoms with Crippen molar-refractivity contribution >= 4 is 34.4 Å². The number of imidazole rings is 1. The second kappa shape index (κ2) is 5.88. The summed E-state index contributed by atoms with van der Waals surface area (Å²) < 4.78 is 19.1. The van der Waals surface area contributed by atoms with Crippen molar-refractivity contribution in [2.75, 3.05) is 30.3 Å². The van der Waals surface area contributed by atoms with Crippen LogP contribution in [0.1, 0.15) is 11.9 Å². The van der Waals surface area contributed by atoms with Gasteiger partial charge in [-0.05, 0) is 18.2 Å². The van der Waals surface area contributed by atoms with Crippen LogP contribution in [0.25, 0.3) is 11.0 Å². The van der Waals surface area contributed by atoms with Gasteiger partial charge in [-0.15, -0.1) is 0 Å². The topological polar surface area (TPSA) is 93.0 Å². The fraction of sp³-hybridized carbons (Fsp3) is 0.267. The number of rotatable bonds is 2. The summed E-state index contributed by atoms with van der Waals surface area (Å²) in [4.78, 5) is 17.7. The third-order valence-electron chi connectivity index (χ3n) is 3.86. The van der Waals surface area contributed by atoms with Gasteiger partial charge in [0.2, 0.25) is 5.95 Å². The lowest BCUT2D eigenvalue weighted by Gasteiger charge is -2.32. The second-order valence-electron chi connectivity index (χ2n) is 5.50. The fourth-order valence-corrected chi connectivity index (χ4v) is 2.95. The minimum Gasteiger partial charge on any atom is -0.368 e. The van der Waals surface area contributed by atoms with Crippen molar-refractivity contribution in [1.29, 1.82) is 0 Å². The first-order chi connectivity index (χ1) is 11.6. The van der Waals surface area contributed by atoms with Gasteiger partial charge >= 0.3 is 0 Å². The highest BCUT2D eigenvalue weighted by atomic mass is 35.5. The maximum Gasteiger partial charge on any atom is 0.223 e. The molecule has 7 nitrogen and oxygen atoms in total. The number of hydrogen-bond donors (Lipinski definition) is 2. The number of aromatic nitrogens is 4. The van der Waals surface area contributed by atoms with E-state index in [1.807, 2.05) is 4.90 Å². The molecule has 1 aliphatic heterocycles. The predicted octanol–water partition coefficient (Wildman–Crippen LogP) is 2.31. The van der Waals surface area contributed by atoms with Crippen LogP contribution in [0.5, 0.6) is 0 Å². The molecular formula is C15H14ClFN6O. The summed E-state index contributed by atoms with van der Waals surface area (Å²) in [5.74, 6) is 1.10. The molecule has 0 saturated carbocycles. The number of ether oxygens (including phenoxy) is 1. The summed E-state index contributed by atoms with van der Waals surface area (Å²) in [5, 5.41) is 0.291. The molecule has 1 aromatic carbocycles. The number of anilines is 2. The first kappa shape index (κ1) is 15.1. The van der Waals surface area contributed by atoms with Crippen LogP contribution in [-0.2, 0) is 4.74 Å². The Bertz CT molecular complexity index is 881. The molecule has 0 bridgehead atoms. The lowest BCUT2D eigenvalue weighted by atomic mass is 10.2. The van der Waals surface area contributed by atoms with E-state index in [2.05, 4.69) is 19.9 Å². The Balaban J connectivity index is 1.61. The first-order valence-corrected chi connectivity index (χ1v) is 7.78. The van der Waals surface area contributed by atoms with Crippen LogP contribution in [0.3, 0.4) is 0 Å². The van der Waals surface area contributed by atoms with Crippen LogP contribution < -0.4 is 10.6 Å². The van der Waals surface area contributed by atoms with Gasteiger partial charge in [-0.1, -0.05) is 11.6 Å². The SMILES string of the molecule is Nc1nc(Cl)cc(N2CCOC(c3nc4ccc(F)cc4[nH]3)C2)n1. The Hall–Kier alpha value is -2.45. The van der Waals surface area contributed by atoms with Crippen molar-refractivity contribution in [3.05, 3.63) is 41.1 Å². The molecule has 0 radical (unpaired) electrons. The van der Waals surface area contributed by atoms with Crippen LogP contribution >= 0.6 is 11.6 Å². The monoisotopic (exact) mass is 348 g/mol. The molecule has 3 heterocycles. The van der Waals surface area contributed by atoms with Crippen molar-refractivity contribution in [2.24, 2.45) is 0 Å². The molecule has 24 heavy (non-hydrogen) atoms. The van der Waals surface area contributed by atoms with Crippen molar-refractivity contribution < 1.29 is 9.13 Å². The van der Waals surface area contributed by atoms with Crippen LogP contribution in [0.4, 0.5) is 16.2 Å². The Morgan fingerprint density at radius 2 is 2.17 bits per heavy atom. The number of nitrogens with two attached hydrogens (primary N) is 1. The molecule has 3 N–H and O–H groups in total. The number of benzene rings is 1. The van der Waals surface area contributed by atoms with Gasteiger partial charge in [0.25, 0.3) is 0 Å². The van der Waals surface area contributed by atoms with Crippen molar-refractivity contribution in [3.63, 3.8) is 0 Å². The van der Waals surface area contributed by atoms with E-state index < -0.39 is 0 Å². The molecule has 0 aliphatic carbocycles. The molecule has 1 saturated heterocycles. The largest absolute Gasteiger partial charge is 0.368 e. The summed E-state index contributed by atoms with van der Waals surface area (Å²) in [5.41, 5.74) is 6.99. The number of H-pyrrole nitrogens is 1. The number of aromatic amines is 1. The molecule has 2 aromatic heterocycles. The van der Waals surface area contributed by atoms with E-state index in [1.54, 1.807) is 12.1 Å². The zero-order valence-electron chi connectivity index (χ0n) is 12.5. The lowest BCUT2D eigenvalue weighted by molar-refractivity contribution is 0.0345. The average Bonchev–Trinajstić information content (AvgIpc) is 2.97. The average molecular weight is 349 g/mol. The van der Waals surface area contributed by atoms with E-state index in [0.29, 0.717) is 47.5 Å². The van der Waals surface area contributed by atoms with Gasteiger partial charge in [0.1, 0.15) is 28.7 Å². The lowest BCUT2D eigenvalue weighted by Crippen LogP contribution is -2.39. The van der Waals surface area contributed by atoms with E-state index in [1.165, 1.54) is 12.1 Å². The Labute approximate surface area is 141 Å². The highest BCUT2D eigenvalue weighted by molar-refractivity contribution is 6.29. The number of hydrogen-bond acceptors (Lipinski definition) is 6. The quantitative estimate of drug-likeness (QED) is 0.690. The van der Waals surface area contributed by atoms with Gasteiger partial charge in [-0.25, -0.2) is 14.4 Å². The molecule has 0 spiro atoms. The Morgan fingerprint density at radius 3 is 3.00 bits per heavy atom. The van der Waals surface area contributed by atoms with E-state index in [9.17, 15) is 4.39 Å². The smallest absolute Gasteiger partial charge is 0.223 e. The Kier molecular flexibility index (Phi) is 3.70. The maximum atomic E-state index is 13.3. The van der Waals surface area contributed by atoms with Crippen molar-refractivity contribution in [3.8, 4) is 0 Å². The first-order valence-electron chi connectivity index (χ1n) is 7.40. The Morgan fingerprint density at radius 1 is 1.29 bits per heavy atom. The molecule has 9 heteroatoms. The molecule has 1 unspecified atom stereocenters. The zero-order valence-corrected chi connectivity index (χ0v) is 13.3. The second-order valence-corrected chi connectivity index (χ2v) is 5.88. The van der Waals surface area contributed by atoms with E-state index in [4.69, 9.17) is 22.1 Å². The number of nitrogens with one attached hydrogen (secondary N) is 1. The van der Waals surface area contributed by atoms with Gasteiger partial charge in [-0.3, -0.25) is 0 Å². The van der Waals surface area contributed by atoms with Crippen LogP contribution in [0.15, 0.2) is 24.3 Å². The van der Waals surface area contributed by atoms with Crippen molar-refractivity contribution in [1.82, 2.24) is 19.9 Å². The normalized spacial score (nSPS) is 18.2. The molecule has 3 aromatic rings. The van der Waals surface area contributed by atoms with E-state index in [0.717, 1.165) is 0 Å². The van der Waals surface area contributed by atoms with Gasteiger partial charge in [0.15, 0.2) is 0 Å². The van der Waals surface area contributed by atoms with Crippen molar-refractivity contribution in [2.45, 2.75) is 6.10 Å². The number of halogens is 2. The van der Waals surface area contributed by atoms with Crippen LogP contribution in [0, 0.1) is 5.82 Å². The van der Waals surface area contributed by atoms with Gasteiger partial charge in [0, 0.05) is 12.6 Å². The van der Waals surface area contributed by atoms with Gasteiger partial charge in [-0.2, -0.15) is 4.98 Å². The van der Waals surface area contributed by atoms with Crippen LogP contribution in [0.2, 0.25) is 5.15 Å². The number of nitrogens with zero attached hydrogens (tertiary/aromatic N) is 4. The number of fused-ring (bicyclic) bond motifs is 1. The van der Waals surface area contributed by atoms with E-state index >= 15 is 0 Å². The molecule has 1 atom stereocenters. The summed E-state index contributed by atoms with van der Waals surface area (Å²) in [6, 6.07) is 6.09. The minimum absolute atomic E-state index is 0.125. The maximum absolute atomic E-state index is 13.3. The third-order valence-corrected chi connectivity index (χ3v) is 4.05. The fourth-order valence-electron chi connectivity index (χ4n) is 2.76. The molecule has 0 amide bonds. The highest BCUT2D eigenvalue weighted by Gasteiger charge is 2.26. The molecule has 1 fully saturated rings. The standard InChI is InChI=1S/C15H14ClFN6O/c16-12-6-13(22-15(18)21-12)23-3-4-24-11(7-23)14-19-9-2-1-8(17)5-10(9)20-14/h1-2,5-6,11H,3-4,7H2,(H,19,20)(H2,18,21,22). The van der Waals surface area contributed by atoms with E-state index in [-0.39, 0.29) is 17.9 Å². The highest BCUT2D eigenvalue weighted by Crippen LogP contribution is 2.26. The zero-order chi connectivity index (χ0) is 16.7. The third kappa shape index (κ3) is 2.85. The van der Waals surface area contributed by atoms with Gasteiger partial charge < -0.3 is 20.4 Å². The number of morpholine rings is 1. The molecule has 4 rings (SSSR count). The minimum atomic E-state index is -0.310. The molecule has 1 aliphatic rings. The summed E-state index contributed by atoms with van der Waals surface area (Å²) in [7, 11) is 0. The molecular weight excluding hydrogens is 335 g/mol. The molecule has 124 valence electrons. The van der Waals surface area contributed by atoms with Crippen LogP contribution in [-0.4, -0.2) is 39.6 Å².